The molecule has 1 N–H and O–H groups in total. The summed E-state index contributed by atoms with van der Waals surface area (Å²) < 4.78 is 37.7. The fourth-order valence-corrected chi connectivity index (χ4v) is 2.80. The molecule has 2 rings (SSSR count). The van der Waals surface area contributed by atoms with Crippen molar-refractivity contribution in [1.82, 2.24) is 10.2 Å². The van der Waals surface area contributed by atoms with Gasteiger partial charge in [-0.2, -0.15) is 13.2 Å². The van der Waals surface area contributed by atoms with Gasteiger partial charge in [-0.3, -0.25) is 9.59 Å². The van der Waals surface area contributed by atoms with Gasteiger partial charge in [-0.1, -0.05) is 30.3 Å². The summed E-state index contributed by atoms with van der Waals surface area (Å²) in [5.41, 5.74) is 1.02. The van der Waals surface area contributed by atoms with E-state index in [2.05, 4.69) is 5.32 Å². The molecule has 1 aromatic carbocycles. The molecule has 1 aliphatic rings. The molecule has 2 amide bonds. The third-order valence-corrected chi connectivity index (χ3v) is 3.83. The smallest absolute Gasteiger partial charge is 0.352 e. The zero-order valence-corrected chi connectivity index (χ0v) is 12.8. The van der Waals surface area contributed by atoms with Crippen molar-refractivity contribution in [1.29, 1.82) is 0 Å². The minimum atomic E-state index is -4.95. The van der Waals surface area contributed by atoms with Crippen molar-refractivity contribution in [2.75, 3.05) is 6.54 Å². The van der Waals surface area contributed by atoms with E-state index >= 15 is 0 Å². The topological polar surface area (TPSA) is 49.4 Å². The Balaban J connectivity index is 1.95. The van der Waals surface area contributed by atoms with Crippen LogP contribution >= 0.6 is 0 Å². The second-order valence-electron chi connectivity index (χ2n) is 5.75. The van der Waals surface area contributed by atoms with Crippen LogP contribution in [0, 0.1) is 0 Å². The number of hydrogen-bond donors (Lipinski definition) is 1. The predicted octanol–water partition coefficient (Wildman–Crippen LogP) is 2.29. The largest absolute Gasteiger partial charge is 0.471 e. The van der Waals surface area contributed by atoms with Crippen LogP contribution in [-0.4, -0.2) is 41.5 Å². The summed E-state index contributed by atoms with van der Waals surface area (Å²) in [4.78, 5) is 24.2. The molecule has 1 saturated heterocycles. The second kappa shape index (κ2) is 7.02. The van der Waals surface area contributed by atoms with Gasteiger partial charge in [0.1, 0.15) is 6.04 Å². The second-order valence-corrected chi connectivity index (χ2v) is 5.75. The molecule has 1 aromatic rings. The van der Waals surface area contributed by atoms with Crippen LogP contribution in [0.4, 0.5) is 13.2 Å². The van der Waals surface area contributed by atoms with E-state index in [4.69, 9.17) is 0 Å². The molecule has 7 heteroatoms. The quantitative estimate of drug-likeness (QED) is 0.922. The number of benzene rings is 1. The molecule has 1 aliphatic heterocycles. The molecule has 1 heterocycles. The lowest BCUT2D eigenvalue weighted by atomic mass is 10.1. The number of carbonyl (C=O) groups excluding carboxylic acids is 2. The summed E-state index contributed by atoms with van der Waals surface area (Å²) in [5, 5.41) is 2.71. The van der Waals surface area contributed by atoms with Crippen molar-refractivity contribution in [3.05, 3.63) is 35.9 Å². The average molecular weight is 328 g/mol. The molecule has 2 atom stereocenters. The summed E-state index contributed by atoms with van der Waals surface area (Å²) in [5.74, 6) is -2.46. The van der Waals surface area contributed by atoms with Crippen LogP contribution in [0.5, 0.6) is 0 Å². The highest BCUT2D eigenvalue weighted by Gasteiger charge is 2.47. The lowest BCUT2D eigenvalue weighted by molar-refractivity contribution is -0.186. The molecule has 1 fully saturated rings. The highest BCUT2D eigenvalue weighted by molar-refractivity contribution is 5.90. The van der Waals surface area contributed by atoms with Gasteiger partial charge in [0, 0.05) is 12.6 Å². The molecule has 4 nitrogen and oxygen atoms in total. The van der Waals surface area contributed by atoms with Crippen molar-refractivity contribution < 1.29 is 22.8 Å². The number of halogens is 3. The summed E-state index contributed by atoms with van der Waals surface area (Å²) >= 11 is 0. The Labute approximate surface area is 132 Å². The number of rotatable bonds is 4. The molecular weight excluding hydrogens is 309 g/mol. The summed E-state index contributed by atoms with van der Waals surface area (Å²) in [7, 11) is 0. The lowest BCUT2D eigenvalue weighted by Crippen LogP contribution is -2.51. The fourth-order valence-electron chi connectivity index (χ4n) is 2.80. The Kier molecular flexibility index (Phi) is 5.28. The first kappa shape index (κ1) is 17.3. The van der Waals surface area contributed by atoms with Crippen LogP contribution in [0.15, 0.2) is 30.3 Å². The van der Waals surface area contributed by atoms with E-state index < -0.39 is 24.0 Å². The van der Waals surface area contributed by atoms with E-state index in [1.165, 1.54) is 0 Å². The molecule has 0 unspecified atom stereocenters. The molecule has 0 spiro atoms. The fraction of sp³-hybridized carbons (Fsp3) is 0.500. The Morgan fingerprint density at radius 1 is 1.30 bits per heavy atom. The minimum Gasteiger partial charge on any atom is -0.352 e. The minimum absolute atomic E-state index is 0.0382. The number of likely N-dealkylation sites (tertiary alicyclic amines) is 1. The van der Waals surface area contributed by atoms with Crippen LogP contribution in [0.25, 0.3) is 0 Å². The van der Waals surface area contributed by atoms with Gasteiger partial charge < -0.3 is 10.2 Å². The van der Waals surface area contributed by atoms with Gasteiger partial charge in [-0.25, -0.2) is 0 Å². The number of nitrogens with zero attached hydrogens (tertiary/aromatic N) is 1. The Bertz CT molecular complexity index is 560. The average Bonchev–Trinajstić information content (AvgIpc) is 2.95. The zero-order chi connectivity index (χ0) is 17.0. The molecule has 23 heavy (non-hydrogen) atoms. The van der Waals surface area contributed by atoms with Crippen LogP contribution in [0.3, 0.4) is 0 Å². The SMILES string of the molecule is C[C@@H](Cc1ccccc1)NC(=O)[C@H]1CCCN1C(=O)C(F)(F)F. The maximum absolute atomic E-state index is 12.6. The van der Waals surface area contributed by atoms with Gasteiger partial charge in [0.05, 0.1) is 0 Å². The Morgan fingerprint density at radius 2 is 1.96 bits per heavy atom. The predicted molar refractivity (Wildman–Crippen MR) is 78.5 cm³/mol. The molecule has 0 aliphatic carbocycles. The maximum atomic E-state index is 12.6. The summed E-state index contributed by atoms with van der Waals surface area (Å²) in [6.45, 7) is 1.75. The van der Waals surface area contributed by atoms with Gasteiger partial charge in [-0.15, -0.1) is 0 Å². The summed E-state index contributed by atoms with van der Waals surface area (Å²) in [6, 6.07) is 8.20. The molecule has 0 saturated carbocycles. The van der Waals surface area contributed by atoms with E-state index in [9.17, 15) is 22.8 Å². The molecular formula is C16H19F3N2O2. The van der Waals surface area contributed by atoms with Crippen molar-refractivity contribution in [3.8, 4) is 0 Å². The van der Waals surface area contributed by atoms with Crippen LogP contribution in [-0.2, 0) is 16.0 Å². The van der Waals surface area contributed by atoms with Crippen LogP contribution in [0.1, 0.15) is 25.3 Å². The van der Waals surface area contributed by atoms with Crippen LogP contribution < -0.4 is 5.32 Å². The van der Waals surface area contributed by atoms with Crippen molar-refractivity contribution >= 4 is 11.8 Å². The Morgan fingerprint density at radius 3 is 2.57 bits per heavy atom. The van der Waals surface area contributed by atoms with Crippen molar-refractivity contribution in [2.24, 2.45) is 0 Å². The number of hydrogen-bond acceptors (Lipinski definition) is 2. The van der Waals surface area contributed by atoms with E-state index in [1.807, 2.05) is 30.3 Å². The van der Waals surface area contributed by atoms with Gasteiger partial charge in [0.25, 0.3) is 0 Å². The standard InChI is InChI=1S/C16H19F3N2O2/c1-11(10-12-6-3-2-4-7-12)20-14(22)13-8-5-9-21(13)15(23)16(17,18)19/h2-4,6-7,11,13H,5,8-10H2,1H3,(H,20,22)/t11-,13+/m0/s1. The summed E-state index contributed by atoms with van der Waals surface area (Å²) in [6.07, 6.45) is -3.72. The van der Waals surface area contributed by atoms with E-state index in [1.54, 1.807) is 6.92 Å². The van der Waals surface area contributed by atoms with Gasteiger partial charge in [0.15, 0.2) is 0 Å². The van der Waals surface area contributed by atoms with E-state index in [0.717, 1.165) is 5.56 Å². The Hall–Kier alpha value is -2.05. The zero-order valence-electron chi connectivity index (χ0n) is 12.8. The highest BCUT2D eigenvalue weighted by Crippen LogP contribution is 2.25. The van der Waals surface area contributed by atoms with Crippen LogP contribution in [0.2, 0.25) is 0 Å². The maximum Gasteiger partial charge on any atom is 0.471 e. The van der Waals surface area contributed by atoms with Gasteiger partial charge in [-0.05, 0) is 31.7 Å². The normalized spacial score (nSPS) is 19.5. The first-order valence-corrected chi connectivity index (χ1v) is 7.51. The molecule has 0 bridgehead atoms. The third-order valence-electron chi connectivity index (χ3n) is 3.83. The number of alkyl halides is 3. The van der Waals surface area contributed by atoms with Gasteiger partial charge >= 0.3 is 12.1 Å². The first-order valence-electron chi connectivity index (χ1n) is 7.51. The molecule has 0 aromatic heterocycles. The number of nitrogens with one attached hydrogen (secondary N) is 1. The molecule has 0 radical (unpaired) electrons. The number of carbonyl (C=O) groups is 2. The third kappa shape index (κ3) is 4.46. The van der Waals surface area contributed by atoms with Crippen molar-refractivity contribution in [2.45, 2.75) is 44.4 Å². The lowest BCUT2D eigenvalue weighted by Gasteiger charge is -2.26. The van der Waals surface area contributed by atoms with E-state index in [0.29, 0.717) is 17.7 Å². The van der Waals surface area contributed by atoms with Gasteiger partial charge in [0.2, 0.25) is 5.91 Å². The van der Waals surface area contributed by atoms with E-state index in [-0.39, 0.29) is 19.0 Å². The monoisotopic (exact) mass is 328 g/mol. The highest BCUT2D eigenvalue weighted by atomic mass is 19.4. The first-order chi connectivity index (χ1) is 10.8. The van der Waals surface area contributed by atoms with Crippen molar-refractivity contribution in [3.63, 3.8) is 0 Å². The molecule has 126 valence electrons. The number of amides is 2.